The quantitative estimate of drug-likeness (QED) is 0.707. The number of rotatable bonds is 6. The van der Waals surface area contributed by atoms with E-state index in [0.29, 0.717) is 0 Å². The molecule has 2 aliphatic rings. The van der Waals surface area contributed by atoms with Gasteiger partial charge in [0.05, 0.1) is 0 Å². The second kappa shape index (κ2) is 8.13. The summed E-state index contributed by atoms with van der Waals surface area (Å²) in [5.74, 6) is 0.974. The first-order valence-corrected chi connectivity index (χ1v) is 7.97. The molecule has 0 bridgehead atoms. The molecule has 0 saturated carbocycles. The highest BCUT2D eigenvalue weighted by Gasteiger charge is 2.16. The van der Waals surface area contributed by atoms with E-state index in [4.69, 9.17) is 0 Å². The fraction of sp³-hybridized carbons (Fsp3) is 1.00. The molecule has 0 aromatic carbocycles. The van der Waals surface area contributed by atoms with E-state index in [-0.39, 0.29) is 0 Å². The van der Waals surface area contributed by atoms with Crippen LogP contribution in [0.4, 0.5) is 0 Å². The van der Waals surface area contributed by atoms with Crippen molar-refractivity contribution in [3.05, 3.63) is 0 Å². The zero-order valence-electron chi connectivity index (χ0n) is 12.1. The molecule has 106 valence electrons. The molecular weight excluding hydrogens is 222 g/mol. The Balaban J connectivity index is 1.43. The first kappa shape index (κ1) is 14.3. The van der Waals surface area contributed by atoms with E-state index in [1.807, 2.05) is 0 Å². The highest BCUT2D eigenvalue weighted by molar-refractivity contribution is 4.74. The second-order valence-corrected chi connectivity index (χ2v) is 6.22. The summed E-state index contributed by atoms with van der Waals surface area (Å²) in [6.45, 7) is 6.26. The Morgan fingerprint density at radius 1 is 1.06 bits per heavy atom. The molecule has 3 heteroatoms. The van der Waals surface area contributed by atoms with E-state index in [1.54, 1.807) is 0 Å². The van der Waals surface area contributed by atoms with Gasteiger partial charge in [0.15, 0.2) is 0 Å². The average molecular weight is 253 g/mol. The highest BCUT2D eigenvalue weighted by atomic mass is 15.1. The van der Waals surface area contributed by atoms with E-state index < -0.39 is 0 Å². The molecule has 0 aliphatic carbocycles. The normalized spacial score (nSPS) is 27.5. The van der Waals surface area contributed by atoms with Gasteiger partial charge in [-0.05, 0) is 84.2 Å². The Hall–Kier alpha value is -0.120. The molecule has 0 amide bonds. The van der Waals surface area contributed by atoms with Crippen LogP contribution in [-0.4, -0.2) is 50.7 Å². The Labute approximate surface area is 113 Å². The average Bonchev–Trinajstić information content (AvgIpc) is 2.42. The van der Waals surface area contributed by atoms with Crippen LogP contribution in [0.1, 0.15) is 44.9 Å². The fourth-order valence-corrected chi connectivity index (χ4v) is 3.23. The first-order valence-electron chi connectivity index (χ1n) is 7.97. The molecule has 2 N–H and O–H groups in total. The van der Waals surface area contributed by atoms with E-state index in [1.165, 1.54) is 77.7 Å². The number of hydrogen-bond acceptors (Lipinski definition) is 3. The lowest BCUT2D eigenvalue weighted by Crippen LogP contribution is -2.37. The van der Waals surface area contributed by atoms with Gasteiger partial charge in [0, 0.05) is 6.04 Å². The molecule has 0 aromatic rings. The smallest absolute Gasteiger partial charge is 0.00791 e. The molecule has 3 nitrogen and oxygen atoms in total. The van der Waals surface area contributed by atoms with Crippen molar-refractivity contribution in [2.75, 3.05) is 39.8 Å². The van der Waals surface area contributed by atoms with Crippen LogP contribution in [-0.2, 0) is 0 Å². The minimum absolute atomic E-state index is 0.787. The molecule has 2 rings (SSSR count). The van der Waals surface area contributed by atoms with Crippen LogP contribution in [0.15, 0.2) is 0 Å². The molecule has 0 radical (unpaired) electrons. The molecule has 2 aliphatic heterocycles. The Morgan fingerprint density at radius 3 is 2.56 bits per heavy atom. The maximum atomic E-state index is 3.64. The second-order valence-electron chi connectivity index (χ2n) is 6.22. The molecule has 1 atom stereocenters. The van der Waals surface area contributed by atoms with Crippen LogP contribution >= 0.6 is 0 Å². The topological polar surface area (TPSA) is 27.3 Å². The summed E-state index contributed by atoms with van der Waals surface area (Å²) >= 11 is 0. The lowest BCUT2D eigenvalue weighted by molar-refractivity contribution is 0.211. The maximum Gasteiger partial charge on any atom is 0.00791 e. The number of hydrogen-bond donors (Lipinski definition) is 2. The van der Waals surface area contributed by atoms with Crippen LogP contribution in [0.3, 0.4) is 0 Å². The van der Waals surface area contributed by atoms with Crippen molar-refractivity contribution < 1.29 is 0 Å². The van der Waals surface area contributed by atoms with Crippen LogP contribution < -0.4 is 10.6 Å². The molecule has 0 spiro atoms. The van der Waals surface area contributed by atoms with Gasteiger partial charge in [0.1, 0.15) is 0 Å². The SMILES string of the molecule is CN1CCC(CCNCCC2CCCCN2)CC1. The van der Waals surface area contributed by atoms with E-state index in [9.17, 15) is 0 Å². The maximum absolute atomic E-state index is 3.64. The van der Waals surface area contributed by atoms with Crippen LogP contribution in [0.5, 0.6) is 0 Å². The highest BCUT2D eigenvalue weighted by Crippen LogP contribution is 2.18. The zero-order chi connectivity index (χ0) is 12.6. The Morgan fingerprint density at radius 2 is 1.83 bits per heavy atom. The Bertz CT molecular complexity index is 206. The van der Waals surface area contributed by atoms with Crippen molar-refractivity contribution in [2.24, 2.45) is 5.92 Å². The lowest BCUT2D eigenvalue weighted by atomic mass is 9.94. The molecule has 2 saturated heterocycles. The number of nitrogens with one attached hydrogen (secondary N) is 2. The summed E-state index contributed by atoms with van der Waals surface area (Å²) in [6.07, 6.45) is 9.69. The number of piperidine rings is 2. The molecule has 2 fully saturated rings. The van der Waals surface area contributed by atoms with Gasteiger partial charge in [-0.3, -0.25) is 0 Å². The summed E-state index contributed by atoms with van der Waals surface area (Å²) in [5, 5.41) is 7.26. The van der Waals surface area contributed by atoms with Crippen molar-refractivity contribution in [3.8, 4) is 0 Å². The number of nitrogens with zero attached hydrogens (tertiary/aromatic N) is 1. The lowest BCUT2D eigenvalue weighted by Gasteiger charge is -2.29. The minimum atomic E-state index is 0.787. The van der Waals surface area contributed by atoms with Gasteiger partial charge in [0.25, 0.3) is 0 Å². The van der Waals surface area contributed by atoms with Crippen LogP contribution in [0.25, 0.3) is 0 Å². The third-order valence-electron chi connectivity index (χ3n) is 4.65. The van der Waals surface area contributed by atoms with Gasteiger partial charge in [-0.1, -0.05) is 6.42 Å². The van der Waals surface area contributed by atoms with Gasteiger partial charge < -0.3 is 15.5 Å². The van der Waals surface area contributed by atoms with Gasteiger partial charge >= 0.3 is 0 Å². The third-order valence-corrected chi connectivity index (χ3v) is 4.65. The fourth-order valence-electron chi connectivity index (χ4n) is 3.23. The molecule has 2 heterocycles. The third kappa shape index (κ3) is 5.25. The number of likely N-dealkylation sites (tertiary alicyclic amines) is 1. The largest absolute Gasteiger partial charge is 0.317 e. The molecule has 1 unspecified atom stereocenters. The van der Waals surface area contributed by atoms with E-state index in [2.05, 4.69) is 22.6 Å². The monoisotopic (exact) mass is 253 g/mol. The van der Waals surface area contributed by atoms with Crippen LogP contribution in [0, 0.1) is 5.92 Å². The summed E-state index contributed by atoms with van der Waals surface area (Å²) < 4.78 is 0. The van der Waals surface area contributed by atoms with Crippen molar-refractivity contribution in [1.29, 1.82) is 0 Å². The van der Waals surface area contributed by atoms with E-state index >= 15 is 0 Å². The van der Waals surface area contributed by atoms with Gasteiger partial charge in [-0.15, -0.1) is 0 Å². The van der Waals surface area contributed by atoms with Crippen molar-refractivity contribution in [1.82, 2.24) is 15.5 Å². The van der Waals surface area contributed by atoms with Gasteiger partial charge in [-0.2, -0.15) is 0 Å². The van der Waals surface area contributed by atoms with Crippen molar-refractivity contribution in [2.45, 2.75) is 51.0 Å². The van der Waals surface area contributed by atoms with Gasteiger partial charge in [0.2, 0.25) is 0 Å². The zero-order valence-corrected chi connectivity index (χ0v) is 12.1. The van der Waals surface area contributed by atoms with E-state index in [0.717, 1.165) is 12.0 Å². The summed E-state index contributed by atoms with van der Waals surface area (Å²) in [6, 6.07) is 0.787. The first-order chi connectivity index (χ1) is 8.84. The predicted molar refractivity (Wildman–Crippen MR) is 78.0 cm³/mol. The summed E-state index contributed by atoms with van der Waals surface area (Å²) in [5.41, 5.74) is 0. The predicted octanol–water partition coefficient (Wildman–Crippen LogP) is 1.84. The van der Waals surface area contributed by atoms with Crippen molar-refractivity contribution >= 4 is 0 Å². The minimum Gasteiger partial charge on any atom is -0.317 e. The standard InChI is InChI=1S/C15H31N3/c1-18-12-7-14(8-13-18)5-10-16-11-6-15-4-2-3-9-17-15/h14-17H,2-13H2,1H3. The summed E-state index contributed by atoms with van der Waals surface area (Å²) in [4.78, 5) is 2.46. The van der Waals surface area contributed by atoms with Crippen LogP contribution in [0.2, 0.25) is 0 Å². The Kier molecular flexibility index (Phi) is 6.46. The molecule has 18 heavy (non-hydrogen) atoms. The van der Waals surface area contributed by atoms with Gasteiger partial charge in [-0.25, -0.2) is 0 Å². The molecule has 0 aromatic heterocycles. The van der Waals surface area contributed by atoms with Crippen molar-refractivity contribution in [3.63, 3.8) is 0 Å². The molecular formula is C15H31N3. The summed E-state index contributed by atoms with van der Waals surface area (Å²) in [7, 11) is 2.24.